The predicted octanol–water partition coefficient (Wildman–Crippen LogP) is 1.86. The van der Waals surface area contributed by atoms with Gasteiger partial charge in [-0.15, -0.1) is 0 Å². The molecule has 1 unspecified atom stereocenters. The third-order valence-corrected chi connectivity index (χ3v) is 2.48. The summed E-state index contributed by atoms with van der Waals surface area (Å²) in [6.45, 7) is 3.30. The lowest BCUT2D eigenvalue weighted by molar-refractivity contribution is 0.00732. The average molecular weight is 228 g/mol. The third kappa shape index (κ3) is 3.47. The van der Waals surface area contributed by atoms with Crippen LogP contribution in [0.3, 0.4) is 0 Å². The van der Waals surface area contributed by atoms with Crippen molar-refractivity contribution in [3.8, 4) is 5.75 Å². The smallest absolute Gasteiger partial charge is 0.165 e. The molecule has 1 atom stereocenters. The molecule has 1 aromatic rings. The first-order valence-corrected chi connectivity index (χ1v) is 5.23. The molecule has 90 valence electrons. The van der Waals surface area contributed by atoms with Crippen molar-refractivity contribution in [1.29, 1.82) is 0 Å². The number of aliphatic hydroxyl groups excluding tert-OH is 1. The summed E-state index contributed by atoms with van der Waals surface area (Å²) in [5.41, 5.74) is -0.464. The summed E-state index contributed by atoms with van der Waals surface area (Å²) in [6.07, 6.45) is 0.531. The van der Waals surface area contributed by atoms with Crippen molar-refractivity contribution < 1.29 is 19.3 Å². The van der Waals surface area contributed by atoms with Crippen molar-refractivity contribution in [3.05, 3.63) is 29.6 Å². The van der Waals surface area contributed by atoms with E-state index < -0.39 is 11.4 Å². The molecular formula is C12H17FO3. The molecule has 0 fully saturated rings. The average Bonchev–Trinajstić information content (AvgIpc) is 2.27. The zero-order valence-corrected chi connectivity index (χ0v) is 9.53. The Labute approximate surface area is 94.5 Å². The summed E-state index contributed by atoms with van der Waals surface area (Å²) in [5, 5.41) is 18.5. The maximum Gasteiger partial charge on any atom is 0.165 e. The molecule has 1 aromatic carbocycles. The van der Waals surface area contributed by atoms with Crippen LogP contribution < -0.4 is 4.74 Å². The normalized spacial score (nSPS) is 14.6. The van der Waals surface area contributed by atoms with Gasteiger partial charge in [-0.2, -0.15) is 0 Å². The molecule has 1 rings (SSSR count). The second-order valence-corrected chi connectivity index (χ2v) is 4.06. The van der Waals surface area contributed by atoms with E-state index in [4.69, 9.17) is 9.84 Å². The fourth-order valence-corrected chi connectivity index (χ4v) is 1.10. The molecule has 0 saturated heterocycles. The number of rotatable bonds is 5. The lowest BCUT2D eigenvalue weighted by Crippen LogP contribution is -2.31. The van der Waals surface area contributed by atoms with Crippen LogP contribution in [0.15, 0.2) is 18.2 Å². The minimum absolute atomic E-state index is 0.0406. The largest absolute Gasteiger partial charge is 0.488 e. The summed E-state index contributed by atoms with van der Waals surface area (Å²) in [7, 11) is 0. The van der Waals surface area contributed by atoms with Crippen molar-refractivity contribution in [2.24, 2.45) is 0 Å². The monoisotopic (exact) mass is 228 g/mol. The molecule has 4 heteroatoms. The highest BCUT2D eigenvalue weighted by Gasteiger charge is 2.19. The van der Waals surface area contributed by atoms with Gasteiger partial charge >= 0.3 is 0 Å². The van der Waals surface area contributed by atoms with Crippen LogP contribution in [0.2, 0.25) is 0 Å². The fourth-order valence-electron chi connectivity index (χ4n) is 1.10. The van der Waals surface area contributed by atoms with Crippen LogP contribution in [-0.4, -0.2) is 22.4 Å². The second kappa shape index (κ2) is 5.27. The van der Waals surface area contributed by atoms with E-state index in [1.807, 2.05) is 6.92 Å². The van der Waals surface area contributed by atoms with Gasteiger partial charge < -0.3 is 14.9 Å². The molecule has 0 bridgehead atoms. The zero-order valence-electron chi connectivity index (χ0n) is 9.53. The standard InChI is InChI=1S/C12H17FO3/c1-3-12(2,15)8-16-11-5-4-9(7-14)6-10(11)13/h4-6,14-15H,3,7-8H2,1-2H3. The van der Waals surface area contributed by atoms with Crippen LogP contribution in [0.1, 0.15) is 25.8 Å². The summed E-state index contributed by atoms with van der Waals surface area (Å²) in [4.78, 5) is 0. The minimum atomic E-state index is -0.956. The molecule has 0 aliphatic rings. The Kier molecular flexibility index (Phi) is 4.26. The summed E-state index contributed by atoms with van der Waals surface area (Å²) < 4.78 is 18.6. The van der Waals surface area contributed by atoms with Crippen molar-refractivity contribution >= 4 is 0 Å². The Morgan fingerprint density at radius 2 is 2.12 bits per heavy atom. The number of ether oxygens (including phenoxy) is 1. The Morgan fingerprint density at radius 3 is 2.62 bits per heavy atom. The van der Waals surface area contributed by atoms with Gasteiger partial charge in [0.2, 0.25) is 0 Å². The van der Waals surface area contributed by atoms with E-state index in [-0.39, 0.29) is 19.0 Å². The Balaban J connectivity index is 2.68. The van der Waals surface area contributed by atoms with E-state index in [1.165, 1.54) is 12.1 Å². The number of aliphatic hydroxyl groups is 2. The number of hydrogen-bond donors (Lipinski definition) is 2. The number of benzene rings is 1. The Morgan fingerprint density at radius 1 is 1.44 bits per heavy atom. The first-order valence-electron chi connectivity index (χ1n) is 5.23. The van der Waals surface area contributed by atoms with E-state index in [2.05, 4.69) is 0 Å². The first kappa shape index (κ1) is 12.9. The maximum atomic E-state index is 13.4. The molecule has 0 heterocycles. The molecule has 0 saturated carbocycles. The van der Waals surface area contributed by atoms with Gasteiger partial charge in [0.05, 0.1) is 12.2 Å². The predicted molar refractivity (Wildman–Crippen MR) is 58.7 cm³/mol. The van der Waals surface area contributed by atoms with E-state index in [9.17, 15) is 9.50 Å². The van der Waals surface area contributed by atoms with Crippen molar-refractivity contribution in [3.63, 3.8) is 0 Å². The highest BCUT2D eigenvalue weighted by Crippen LogP contribution is 2.20. The maximum absolute atomic E-state index is 13.4. The molecule has 0 amide bonds. The van der Waals surface area contributed by atoms with Gasteiger partial charge in [0, 0.05) is 0 Å². The molecule has 0 aliphatic heterocycles. The molecule has 0 aromatic heterocycles. The zero-order chi connectivity index (χ0) is 12.2. The van der Waals surface area contributed by atoms with Crippen molar-refractivity contribution in [2.45, 2.75) is 32.5 Å². The quantitative estimate of drug-likeness (QED) is 0.808. The van der Waals surface area contributed by atoms with E-state index in [1.54, 1.807) is 13.0 Å². The van der Waals surface area contributed by atoms with E-state index in [0.717, 1.165) is 0 Å². The summed E-state index contributed by atoms with van der Waals surface area (Å²) in [6, 6.07) is 4.25. The van der Waals surface area contributed by atoms with Crippen LogP contribution in [0.25, 0.3) is 0 Å². The summed E-state index contributed by atoms with van der Waals surface area (Å²) >= 11 is 0. The van der Waals surface area contributed by atoms with Gasteiger partial charge in [0.1, 0.15) is 6.61 Å². The van der Waals surface area contributed by atoms with Gasteiger partial charge in [-0.3, -0.25) is 0 Å². The minimum Gasteiger partial charge on any atom is -0.488 e. The van der Waals surface area contributed by atoms with Gasteiger partial charge in [-0.25, -0.2) is 4.39 Å². The van der Waals surface area contributed by atoms with Gasteiger partial charge in [-0.1, -0.05) is 13.0 Å². The highest BCUT2D eigenvalue weighted by molar-refractivity contribution is 5.29. The van der Waals surface area contributed by atoms with Crippen LogP contribution in [0.5, 0.6) is 5.75 Å². The van der Waals surface area contributed by atoms with Crippen molar-refractivity contribution in [2.75, 3.05) is 6.61 Å². The van der Waals surface area contributed by atoms with Gasteiger partial charge in [0.15, 0.2) is 11.6 Å². The van der Waals surface area contributed by atoms with Crippen LogP contribution in [0.4, 0.5) is 4.39 Å². The highest BCUT2D eigenvalue weighted by atomic mass is 19.1. The Bertz CT molecular complexity index is 350. The van der Waals surface area contributed by atoms with Crippen molar-refractivity contribution in [1.82, 2.24) is 0 Å². The van der Waals surface area contributed by atoms with Crippen LogP contribution >= 0.6 is 0 Å². The number of halogens is 1. The number of hydrogen-bond acceptors (Lipinski definition) is 3. The first-order chi connectivity index (χ1) is 7.48. The topological polar surface area (TPSA) is 49.7 Å². The van der Waals surface area contributed by atoms with Gasteiger partial charge in [-0.05, 0) is 31.0 Å². The second-order valence-electron chi connectivity index (χ2n) is 4.06. The molecule has 3 nitrogen and oxygen atoms in total. The molecule has 0 radical (unpaired) electrons. The van der Waals surface area contributed by atoms with E-state index >= 15 is 0 Å². The third-order valence-electron chi connectivity index (χ3n) is 2.48. The molecule has 0 aliphatic carbocycles. The molecular weight excluding hydrogens is 211 g/mol. The van der Waals surface area contributed by atoms with Gasteiger partial charge in [0.25, 0.3) is 0 Å². The fraction of sp³-hybridized carbons (Fsp3) is 0.500. The van der Waals surface area contributed by atoms with E-state index in [0.29, 0.717) is 12.0 Å². The Hall–Kier alpha value is -1.13. The summed E-state index contributed by atoms with van der Waals surface area (Å²) in [5.74, 6) is -0.440. The van der Waals surface area contributed by atoms with Crippen LogP contribution in [-0.2, 0) is 6.61 Å². The lowest BCUT2D eigenvalue weighted by atomic mass is 10.1. The molecule has 16 heavy (non-hydrogen) atoms. The molecule has 2 N–H and O–H groups in total. The lowest BCUT2D eigenvalue weighted by Gasteiger charge is -2.21. The SMILES string of the molecule is CCC(C)(O)COc1ccc(CO)cc1F. The van der Waals surface area contributed by atoms with Crippen LogP contribution in [0, 0.1) is 5.82 Å². The molecule has 0 spiro atoms.